The number of hydrogen-bond acceptors (Lipinski definition) is 4. The molecule has 3 rings (SSSR count). The molecule has 30 heavy (non-hydrogen) atoms. The monoisotopic (exact) mass is 416 g/mol. The van der Waals surface area contributed by atoms with E-state index in [0.29, 0.717) is 11.6 Å². The van der Waals surface area contributed by atoms with Crippen molar-refractivity contribution < 1.29 is 18.4 Å². The minimum absolute atomic E-state index is 0.140. The van der Waals surface area contributed by atoms with Crippen molar-refractivity contribution in [3.05, 3.63) is 65.2 Å². The van der Waals surface area contributed by atoms with Crippen molar-refractivity contribution in [3.63, 3.8) is 0 Å². The first-order chi connectivity index (χ1) is 14.4. The Bertz CT molecular complexity index is 914. The first-order valence-electron chi connectivity index (χ1n) is 9.99. The lowest BCUT2D eigenvalue weighted by Crippen LogP contribution is -2.29. The molecule has 160 valence electrons. The molecule has 2 aromatic carbocycles. The Hall–Kier alpha value is -3.00. The summed E-state index contributed by atoms with van der Waals surface area (Å²) in [6.07, 6.45) is 2.70. The molecule has 1 atom stereocenters. The molecule has 0 spiro atoms. The molecule has 1 heterocycles. The van der Waals surface area contributed by atoms with Crippen LogP contribution in [-0.4, -0.2) is 35.8 Å². The smallest absolute Gasteiger partial charge is 0.268 e. The highest BCUT2D eigenvalue weighted by Crippen LogP contribution is 2.16. The number of benzene rings is 2. The van der Waals surface area contributed by atoms with Gasteiger partial charge in [0.2, 0.25) is 6.10 Å². The van der Waals surface area contributed by atoms with E-state index >= 15 is 0 Å². The molecule has 6 nitrogen and oxygen atoms in total. The highest BCUT2D eigenvalue weighted by molar-refractivity contribution is 5.97. The normalized spacial score (nSPS) is 16.2. The summed E-state index contributed by atoms with van der Waals surface area (Å²) in [5.41, 5.74) is 7.70. The summed E-state index contributed by atoms with van der Waals surface area (Å²) in [7, 11) is 0. The van der Waals surface area contributed by atoms with E-state index in [0.717, 1.165) is 37.3 Å². The molecule has 8 heteroatoms. The molecule has 0 saturated carbocycles. The fourth-order valence-electron chi connectivity index (χ4n) is 3.27. The number of rotatable bonds is 7. The lowest BCUT2D eigenvalue weighted by Gasteiger charge is -2.26. The van der Waals surface area contributed by atoms with Crippen LogP contribution in [0.3, 0.4) is 0 Å². The number of nitrogens with two attached hydrogens (primary N) is 1. The van der Waals surface area contributed by atoms with Crippen molar-refractivity contribution in [2.45, 2.75) is 38.8 Å². The Kier molecular flexibility index (Phi) is 7.35. The molecule has 3 N–H and O–H groups in total. The number of carbonyl (C=O) groups excluding carboxylic acids is 1. The number of anilines is 1. The van der Waals surface area contributed by atoms with E-state index in [-0.39, 0.29) is 11.5 Å². The highest BCUT2D eigenvalue weighted by Gasteiger charge is 2.17. The van der Waals surface area contributed by atoms with E-state index in [2.05, 4.69) is 15.4 Å². The quantitative estimate of drug-likeness (QED) is 0.411. The Balaban J connectivity index is 1.58. The van der Waals surface area contributed by atoms with E-state index < -0.39 is 23.6 Å². The fourth-order valence-corrected chi connectivity index (χ4v) is 3.27. The van der Waals surface area contributed by atoms with Gasteiger partial charge >= 0.3 is 0 Å². The van der Waals surface area contributed by atoms with E-state index in [4.69, 9.17) is 10.6 Å². The van der Waals surface area contributed by atoms with Crippen LogP contribution in [0, 0.1) is 11.6 Å². The molecule has 0 aliphatic carbocycles. The van der Waals surface area contributed by atoms with Gasteiger partial charge in [0.1, 0.15) is 11.6 Å². The van der Waals surface area contributed by atoms with Gasteiger partial charge in [-0.1, -0.05) is 29.8 Å². The van der Waals surface area contributed by atoms with E-state index in [1.807, 2.05) is 24.3 Å². The van der Waals surface area contributed by atoms with Crippen LogP contribution < -0.4 is 11.1 Å². The SMILES string of the molecule is CC(ON=C(N)c1cccc(CN2CCCCC2)c1)C(=O)Nc1ccc(F)cc1F. The minimum atomic E-state index is -1.02. The molecule has 1 amide bonds. The maximum atomic E-state index is 13.7. The second-order valence-corrected chi connectivity index (χ2v) is 7.37. The van der Waals surface area contributed by atoms with Crippen LogP contribution in [0.1, 0.15) is 37.3 Å². The van der Waals surface area contributed by atoms with Crippen LogP contribution in [0.5, 0.6) is 0 Å². The zero-order chi connectivity index (χ0) is 21.5. The number of halogens is 2. The second-order valence-electron chi connectivity index (χ2n) is 7.37. The van der Waals surface area contributed by atoms with Crippen LogP contribution in [0.25, 0.3) is 0 Å². The number of amides is 1. The van der Waals surface area contributed by atoms with E-state index in [1.165, 1.54) is 26.2 Å². The van der Waals surface area contributed by atoms with E-state index in [9.17, 15) is 13.6 Å². The van der Waals surface area contributed by atoms with Crippen LogP contribution in [0.15, 0.2) is 47.6 Å². The van der Waals surface area contributed by atoms with Gasteiger partial charge in [0.05, 0.1) is 5.69 Å². The first kappa shape index (κ1) is 21.7. The van der Waals surface area contributed by atoms with Crippen LogP contribution in [0.2, 0.25) is 0 Å². The summed E-state index contributed by atoms with van der Waals surface area (Å²) >= 11 is 0. The lowest BCUT2D eigenvalue weighted by molar-refractivity contribution is -0.126. The molecule has 1 saturated heterocycles. The largest absolute Gasteiger partial charge is 0.381 e. The average Bonchev–Trinajstić information content (AvgIpc) is 2.74. The summed E-state index contributed by atoms with van der Waals surface area (Å²) in [6.45, 7) is 4.50. The summed E-state index contributed by atoms with van der Waals surface area (Å²) < 4.78 is 26.6. The minimum Gasteiger partial charge on any atom is -0.381 e. The Labute approximate surface area is 174 Å². The Morgan fingerprint density at radius 3 is 2.70 bits per heavy atom. The number of piperidine rings is 1. The van der Waals surface area contributed by atoms with Gasteiger partial charge in [0.15, 0.2) is 5.84 Å². The lowest BCUT2D eigenvalue weighted by atomic mass is 10.1. The van der Waals surface area contributed by atoms with Crippen LogP contribution in [-0.2, 0) is 16.2 Å². The third-order valence-electron chi connectivity index (χ3n) is 4.95. The molecular weight excluding hydrogens is 390 g/mol. The Morgan fingerprint density at radius 1 is 1.20 bits per heavy atom. The van der Waals surface area contributed by atoms with E-state index in [1.54, 1.807) is 0 Å². The summed E-state index contributed by atoms with van der Waals surface area (Å²) in [6, 6.07) is 10.6. The molecule has 0 aromatic heterocycles. The maximum Gasteiger partial charge on any atom is 0.268 e. The number of likely N-dealkylation sites (tertiary alicyclic amines) is 1. The zero-order valence-corrected chi connectivity index (χ0v) is 16.9. The third-order valence-corrected chi connectivity index (χ3v) is 4.95. The van der Waals surface area contributed by atoms with Crippen LogP contribution in [0.4, 0.5) is 14.5 Å². The maximum absolute atomic E-state index is 13.7. The molecule has 0 bridgehead atoms. The van der Waals surface area contributed by atoms with Gasteiger partial charge in [0, 0.05) is 18.2 Å². The number of amidine groups is 1. The molecule has 1 aliphatic rings. The topological polar surface area (TPSA) is 80.0 Å². The number of hydrogen-bond donors (Lipinski definition) is 2. The fraction of sp³-hybridized carbons (Fsp3) is 0.364. The summed E-state index contributed by atoms with van der Waals surface area (Å²) in [5, 5.41) is 6.18. The molecule has 1 unspecified atom stereocenters. The van der Waals surface area contributed by atoms with Crippen molar-refractivity contribution in [2.75, 3.05) is 18.4 Å². The van der Waals surface area contributed by atoms with Crippen molar-refractivity contribution in [3.8, 4) is 0 Å². The first-order valence-corrected chi connectivity index (χ1v) is 9.99. The molecule has 1 fully saturated rings. The van der Waals surface area contributed by atoms with Gasteiger partial charge < -0.3 is 15.9 Å². The second kappa shape index (κ2) is 10.2. The zero-order valence-electron chi connectivity index (χ0n) is 16.9. The Morgan fingerprint density at radius 2 is 1.97 bits per heavy atom. The number of carbonyl (C=O) groups is 1. The van der Waals surface area contributed by atoms with Crippen molar-refractivity contribution in [1.82, 2.24) is 4.90 Å². The average molecular weight is 416 g/mol. The molecule has 0 radical (unpaired) electrons. The predicted molar refractivity (Wildman–Crippen MR) is 112 cm³/mol. The van der Waals surface area contributed by atoms with Gasteiger partial charge in [-0.2, -0.15) is 0 Å². The van der Waals surface area contributed by atoms with Gasteiger partial charge in [-0.05, 0) is 56.6 Å². The summed E-state index contributed by atoms with van der Waals surface area (Å²) in [4.78, 5) is 19.8. The van der Waals surface area contributed by atoms with Gasteiger partial charge in [0.25, 0.3) is 5.91 Å². The predicted octanol–water partition coefficient (Wildman–Crippen LogP) is 3.61. The molecular formula is C22H26F2N4O2. The van der Waals surface area contributed by atoms with Gasteiger partial charge in [-0.25, -0.2) is 8.78 Å². The number of oxime groups is 1. The van der Waals surface area contributed by atoms with Gasteiger partial charge in [-0.3, -0.25) is 9.69 Å². The number of nitrogens with zero attached hydrogens (tertiary/aromatic N) is 2. The third kappa shape index (κ3) is 6.00. The van der Waals surface area contributed by atoms with Crippen molar-refractivity contribution >= 4 is 17.4 Å². The van der Waals surface area contributed by atoms with Crippen molar-refractivity contribution in [1.29, 1.82) is 0 Å². The highest BCUT2D eigenvalue weighted by atomic mass is 19.1. The standard InChI is InChI=1S/C22H26F2N4O2/c1-15(22(29)26-20-9-8-18(23)13-19(20)24)30-27-21(25)17-7-5-6-16(12-17)14-28-10-3-2-4-11-28/h5-9,12-13,15H,2-4,10-11,14H2,1H3,(H2,25,27)(H,26,29). The molecule has 2 aromatic rings. The summed E-state index contributed by atoms with van der Waals surface area (Å²) in [5.74, 6) is -2.09. The van der Waals surface area contributed by atoms with Crippen molar-refractivity contribution in [2.24, 2.45) is 10.9 Å². The number of nitrogens with one attached hydrogen (secondary N) is 1. The molecule has 1 aliphatic heterocycles. The van der Waals surface area contributed by atoms with Gasteiger partial charge in [-0.15, -0.1) is 0 Å². The van der Waals surface area contributed by atoms with Crippen LogP contribution >= 0.6 is 0 Å².